The van der Waals surface area contributed by atoms with E-state index in [1.54, 1.807) is 5.56 Å². The quantitative estimate of drug-likeness (QED) is 0.154. The largest absolute Gasteiger partial charge is 0.311 e. The molecule has 2 aliphatic heterocycles. The number of rotatable bonds is 6. The summed E-state index contributed by atoms with van der Waals surface area (Å²) in [5.41, 5.74) is 20.7. The zero-order valence-electron chi connectivity index (χ0n) is 40.2. The minimum Gasteiger partial charge on any atom is -0.311 e. The third-order valence-electron chi connectivity index (χ3n) is 19.9. The Hall–Kier alpha value is -6.00. The Kier molecular flexibility index (Phi) is 8.26. The highest BCUT2D eigenvalue weighted by atomic mass is 15.2. The second-order valence-corrected chi connectivity index (χ2v) is 24.1. The number of benzene rings is 7. The van der Waals surface area contributed by atoms with E-state index in [1.165, 1.54) is 119 Å². The lowest BCUT2D eigenvalue weighted by Gasteiger charge is -2.72. The average Bonchev–Trinajstić information content (AvgIpc) is 3.37. The third-order valence-corrected chi connectivity index (χ3v) is 19.9. The summed E-state index contributed by atoms with van der Waals surface area (Å²) in [5.74, 6) is 6.63. The molecule has 0 radical (unpaired) electrons. The maximum absolute atomic E-state index is 2.78. The zero-order chi connectivity index (χ0) is 45.3. The first-order valence-electron chi connectivity index (χ1n) is 26.3. The molecule has 7 fully saturated rings. The molecule has 3 nitrogen and oxygen atoms in total. The minimum absolute atomic E-state index is 0.0590. The van der Waals surface area contributed by atoms with Crippen molar-refractivity contribution in [1.29, 1.82) is 0 Å². The molecule has 10 aliphatic rings. The fraction of sp³-hybridized carbons (Fsp3) is 0.344. The first-order valence-corrected chi connectivity index (χ1v) is 26.3. The molecule has 336 valence electrons. The van der Waals surface area contributed by atoms with Crippen LogP contribution in [-0.2, 0) is 16.2 Å². The Balaban J connectivity index is 1.03. The monoisotopic (exact) mass is 884 g/mol. The van der Waals surface area contributed by atoms with E-state index in [1.807, 2.05) is 0 Å². The van der Waals surface area contributed by atoms with Gasteiger partial charge in [0.05, 0.1) is 0 Å². The summed E-state index contributed by atoms with van der Waals surface area (Å²) >= 11 is 0. The number of para-hydroxylation sites is 4. The van der Waals surface area contributed by atoms with Gasteiger partial charge in [0.1, 0.15) is 0 Å². The second kappa shape index (κ2) is 14.1. The molecule has 0 N–H and O–H groups in total. The first-order chi connectivity index (χ1) is 33.1. The lowest BCUT2D eigenvalue weighted by molar-refractivity contribution is -0.212. The highest BCUT2D eigenvalue weighted by Gasteiger charge is 2.67. The topological polar surface area (TPSA) is 9.72 Å². The summed E-state index contributed by atoms with van der Waals surface area (Å²) < 4.78 is 0. The van der Waals surface area contributed by atoms with E-state index in [0.717, 1.165) is 52.8 Å². The average molecular weight is 884 g/mol. The van der Waals surface area contributed by atoms with Gasteiger partial charge in [-0.3, -0.25) is 0 Å². The van der Waals surface area contributed by atoms with Crippen molar-refractivity contribution >= 4 is 74.3 Å². The summed E-state index contributed by atoms with van der Waals surface area (Å²) in [6.07, 6.45) is 11.1. The van der Waals surface area contributed by atoms with Gasteiger partial charge in [-0.05, 0) is 221 Å². The first kappa shape index (κ1) is 39.9. The Labute approximate surface area is 404 Å². The van der Waals surface area contributed by atoms with Crippen LogP contribution in [0.15, 0.2) is 164 Å². The maximum Gasteiger partial charge on any atom is 0.252 e. The van der Waals surface area contributed by atoms with Gasteiger partial charge in [-0.25, -0.2) is 0 Å². The molecule has 0 saturated heterocycles. The summed E-state index contributed by atoms with van der Waals surface area (Å²) in [6.45, 7) is 10.1. The van der Waals surface area contributed by atoms with Gasteiger partial charge < -0.3 is 14.7 Å². The van der Waals surface area contributed by atoms with E-state index in [9.17, 15) is 0 Å². The van der Waals surface area contributed by atoms with E-state index >= 15 is 0 Å². The summed E-state index contributed by atoms with van der Waals surface area (Å²) in [7, 11) is 0. The lowest BCUT2D eigenvalue weighted by Crippen LogP contribution is -2.66. The van der Waals surface area contributed by atoms with Crippen molar-refractivity contribution in [3.8, 4) is 0 Å². The highest BCUT2D eigenvalue weighted by Crippen LogP contribution is 2.74. The summed E-state index contributed by atoms with van der Waals surface area (Å²) in [4.78, 5) is 7.87. The molecular weight excluding hydrogens is 822 g/mol. The molecule has 0 amide bonds. The normalized spacial score (nSPS) is 28.8. The predicted octanol–water partition coefficient (Wildman–Crippen LogP) is 14.5. The fourth-order valence-electron chi connectivity index (χ4n) is 17.1. The number of anilines is 9. The molecule has 68 heavy (non-hydrogen) atoms. The van der Waals surface area contributed by atoms with Crippen molar-refractivity contribution < 1.29 is 0 Å². The lowest BCUT2D eigenvalue weighted by atomic mass is 9.31. The Bertz CT molecular complexity index is 3060. The van der Waals surface area contributed by atoms with E-state index in [2.05, 4.69) is 206 Å². The standard InChI is InChI=1S/C64H62BN3/c1-62(2)27-28-63(3,4)54-36-58-56(35-53(54)62)65-55-26-25-46(66(42-17-9-5-10-18-42)43-19-11-6-12-20-43)34-57(55)67(44-21-13-7-14-22-44)59-32-41(33-60(61(59)65)68(58)45-23-15-8-16-24-45)64-37-50-47-29-40-30-48(50)52(39-64)49(31-40)51(47)38-64/h5-26,32-36,40,47-52H,27-31,37-39H2,1-4H3. The van der Waals surface area contributed by atoms with Gasteiger partial charge in [0.2, 0.25) is 0 Å². The smallest absolute Gasteiger partial charge is 0.252 e. The molecule has 8 bridgehead atoms. The van der Waals surface area contributed by atoms with Crippen LogP contribution < -0.4 is 31.1 Å². The molecule has 0 atom stereocenters. The van der Waals surface area contributed by atoms with Crippen LogP contribution in [0, 0.1) is 41.4 Å². The van der Waals surface area contributed by atoms with Crippen molar-refractivity contribution in [1.82, 2.24) is 0 Å². The molecule has 0 spiro atoms. The molecule has 2 heterocycles. The van der Waals surface area contributed by atoms with Gasteiger partial charge in [0.15, 0.2) is 0 Å². The fourth-order valence-corrected chi connectivity index (χ4v) is 17.1. The third kappa shape index (κ3) is 5.49. The van der Waals surface area contributed by atoms with E-state index in [0.29, 0.717) is 0 Å². The molecule has 4 heteroatoms. The minimum atomic E-state index is 0.0590. The van der Waals surface area contributed by atoms with E-state index in [-0.39, 0.29) is 23.0 Å². The van der Waals surface area contributed by atoms with E-state index < -0.39 is 0 Å². The second-order valence-electron chi connectivity index (χ2n) is 24.1. The molecule has 0 unspecified atom stereocenters. The van der Waals surface area contributed by atoms with Crippen molar-refractivity contribution in [2.45, 2.75) is 95.3 Å². The van der Waals surface area contributed by atoms with Crippen molar-refractivity contribution in [3.63, 3.8) is 0 Å². The molecule has 17 rings (SSSR count). The number of nitrogens with zero attached hydrogens (tertiary/aromatic N) is 3. The molecule has 7 aromatic rings. The van der Waals surface area contributed by atoms with Crippen LogP contribution in [0.5, 0.6) is 0 Å². The zero-order valence-corrected chi connectivity index (χ0v) is 40.2. The van der Waals surface area contributed by atoms with Crippen LogP contribution in [-0.4, -0.2) is 6.71 Å². The van der Waals surface area contributed by atoms with Crippen LogP contribution in [0.25, 0.3) is 0 Å². The van der Waals surface area contributed by atoms with Gasteiger partial charge in [-0.1, -0.05) is 113 Å². The van der Waals surface area contributed by atoms with Gasteiger partial charge in [-0.2, -0.15) is 0 Å². The van der Waals surface area contributed by atoms with Gasteiger partial charge in [0, 0.05) is 51.2 Å². The van der Waals surface area contributed by atoms with Crippen LogP contribution in [0.3, 0.4) is 0 Å². The molecule has 7 saturated carbocycles. The predicted molar refractivity (Wildman–Crippen MR) is 284 cm³/mol. The van der Waals surface area contributed by atoms with Crippen LogP contribution >= 0.6 is 0 Å². The van der Waals surface area contributed by atoms with Crippen LogP contribution in [0.1, 0.15) is 95.8 Å². The van der Waals surface area contributed by atoms with Gasteiger partial charge in [0.25, 0.3) is 6.71 Å². The van der Waals surface area contributed by atoms with Gasteiger partial charge in [-0.15, -0.1) is 0 Å². The highest BCUT2D eigenvalue weighted by molar-refractivity contribution is 7.00. The van der Waals surface area contributed by atoms with Crippen molar-refractivity contribution in [2.75, 3.05) is 14.7 Å². The van der Waals surface area contributed by atoms with E-state index in [4.69, 9.17) is 0 Å². The number of fused-ring (bicyclic) bond motifs is 5. The molecular formula is C64H62BN3. The molecule has 7 aromatic carbocycles. The number of hydrogen-bond acceptors (Lipinski definition) is 3. The van der Waals surface area contributed by atoms with Crippen LogP contribution in [0.4, 0.5) is 51.2 Å². The molecule has 8 aliphatic carbocycles. The Morgan fingerprint density at radius 3 is 1.40 bits per heavy atom. The summed E-state index contributed by atoms with van der Waals surface area (Å²) in [6, 6.07) is 63.1. The maximum atomic E-state index is 2.78. The Morgan fingerprint density at radius 1 is 0.441 bits per heavy atom. The van der Waals surface area contributed by atoms with Crippen molar-refractivity contribution in [2.24, 2.45) is 41.4 Å². The SMILES string of the molecule is CC1(C)CCC(C)(C)c2cc3c(cc21)B1c2ccc(N(c4ccccc4)c4ccccc4)cc2N(c2ccccc2)c2cc(C45CC6C7CC8CC6C(C4)C(C8)C7C5)cc(c21)N3c1ccccc1. The molecule has 0 aromatic heterocycles. The number of hydrogen-bond donors (Lipinski definition) is 0. The Morgan fingerprint density at radius 2 is 0.897 bits per heavy atom. The summed E-state index contributed by atoms with van der Waals surface area (Å²) in [5, 5.41) is 0. The van der Waals surface area contributed by atoms with Gasteiger partial charge >= 0.3 is 0 Å². The van der Waals surface area contributed by atoms with Crippen LogP contribution in [0.2, 0.25) is 0 Å². The van der Waals surface area contributed by atoms with Crippen molar-refractivity contribution in [3.05, 3.63) is 180 Å².